The van der Waals surface area contributed by atoms with Gasteiger partial charge in [-0.05, 0) is 42.0 Å². The van der Waals surface area contributed by atoms with Gasteiger partial charge in [-0.25, -0.2) is 9.13 Å². The second-order valence-corrected chi connectivity index (χ2v) is 9.51. The molecule has 4 heteroatoms. The summed E-state index contributed by atoms with van der Waals surface area (Å²) in [5, 5.41) is 2.68. The van der Waals surface area contributed by atoms with Gasteiger partial charge in [0.1, 0.15) is 6.54 Å². The van der Waals surface area contributed by atoms with Crippen molar-refractivity contribution in [1.82, 2.24) is 9.13 Å². The maximum absolute atomic E-state index is 3.54. The van der Waals surface area contributed by atoms with E-state index in [1.807, 2.05) is 0 Å². The van der Waals surface area contributed by atoms with Crippen LogP contribution in [0.4, 0.5) is 0 Å². The summed E-state index contributed by atoms with van der Waals surface area (Å²) in [7, 11) is 0. The van der Waals surface area contributed by atoms with Gasteiger partial charge < -0.3 is 4.57 Å². The van der Waals surface area contributed by atoms with Crippen molar-refractivity contribution in [3.8, 4) is 0 Å². The second kappa shape index (κ2) is 8.53. The molecule has 0 spiro atoms. The van der Waals surface area contributed by atoms with Crippen LogP contribution in [0, 0.1) is 0 Å². The number of rotatable bonds is 6. The van der Waals surface area contributed by atoms with Crippen LogP contribution in [0.15, 0.2) is 108 Å². The molecule has 0 fully saturated rings. The van der Waals surface area contributed by atoms with Gasteiger partial charge in [-0.2, -0.15) is 0 Å². The smallest absolute Gasteiger partial charge is 0.245 e. The van der Waals surface area contributed by atoms with Crippen molar-refractivity contribution >= 4 is 48.8 Å². The van der Waals surface area contributed by atoms with Crippen molar-refractivity contribution in [1.29, 1.82) is 0 Å². The molecule has 0 aliphatic rings. The van der Waals surface area contributed by atoms with Crippen molar-refractivity contribution in [2.45, 2.75) is 26.1 Å². The molecule has 0 aliphatic carbocycles. The van der Waals surface area contributed by atoms with Crippen molar-refractivity contribution in [2.75, 3.05) is 0 Å². The molecule has 6 rings (SSSR count). The molecule has 162 valence electrons. The van der Waals surface area contributed by atoms with Crippen LogP contribution in [-0.4, -0.2) is 9.13 Å². The molecule has 33 heavy (non-hydrogen) atoms. The number of hydrogen-bond acceptors (Lipinski definition) is 0. The van der Waals surface area contributed by atoms with Gasteiger partial charge in [0.2, 0.25) is 6.33 Å². The average Bonchev–Trinajstić information content (AvgIpc) is 3.37. The third-order valence-electron chi connectivity index (χ3n) is 6.51. The van der Waals surface area contributed by atoms with Crippen LogP contribution in [0.3, 0.4) is 0 Å². The molecule has 3 nitrogen and oxygen atoms in total. The molecule has 4 aromatic carbocycles. The van der Waals surface area contributed by atoms with Gasteiger partial charge in [0.25, 0.3) is 0 Å². The molecule has 0 atom stereocenters. The van der Waals surface area contributed by atoms with Crippen molar-refractivity contribution < 1.29 is 4.57 Å². The van der Waals surface area contributed by atoms with Gasteiger partial charge in [0.15, 0.2) is 11.0 Å². The Hall–Kier alpha value is -3.37. The Bertz CT molecular complexity index is 1520. The molecule has 0 amide bonds. The van der Waals surface area contributed by atoms with E-state index >= 15 is 0 Å². The first-order valence-electron chi connectivity index (χ1n) is 11.5. The van der Waals surface area contributed by atoms with Gasteiger partial charge in [0, 0.05) is 39.2 Å². The van der Waals surface area contributed by atoms with Crippen LogP contribution in [0.1, 0.15) is 12.0 Å². The molecule has 0 radical (unpaired) electrons. The lowest BCUT2D eigenvalue weighted by atomic mass is 10.2. The predicted molar refractivity (Wildman–Crippen MR) is 139 cm³/mol. The highest BCUT2D eigenvalue weighted by Gasteiger charge is 2.16. The Kier molecular flexibility index (Phi) is 5.23. The number of para-hydroxylation sites is 4. The molecule has 6 aromatic rings. The van der Waals surface area contributed by atoms with Crippen LogP contribution in [0.2, 0.25) is 0 Å². The number of imidazole rings is 1. The predicted octanol–water partition coefficient (Wildman–Crippen LogP) is 6.94. The van der Waals surface area contributed by atoms with E-state index in [9.17, 15) is 0 Å². The summed E-state index contributed by atoms with van der Waals surface area (Å²) in [4.78, 5) is 0. The summed E-state index contributed by atoms with van der Waals surface area (Å²) >= 11 is 3.54. The largest absolute Gasteiger partial charge is 0.340 e. The molecule has 0 unspecified atom stereocenters. The van der Waals surface area contributed by atoms with Gasteiger partial charge in [-0.15, -0.1) is 0 Å². The van der Waals surface area contributed by atoms with Crippen LogP contribution in [0.25, 0.3) is 32.8 Å². The Balaban J connectivity index is 1.29. The van der Waals surface area contributed by atoms with Crippen LogP contribution in [0.5, 0.6) is 0 Å². The van der Waals surface area contributed by atoms with Gasteiger partial charge in [0.05, 0.1) is 6.54 Å². The van der Waals surface area contributed by atoms with E-state index < -0.39 is 0 Å². The lowest BCUT2D eigenvalue weighted by Crippen LogP contribution is -2.32. The first-order valence-corrected chi connectivity index (χ1v) is 12.2. The zero-order chi connectivity index (χ0) is 22.2. The molecule has 0 N–H and O–H groups in total. The van der Waals surface area contributed by atoms with E-state index in [1.54, 1.807) is 0 Å². The zero-order valence-electron chi connectivity index (χ0n) is 18.4. The minimum Gasteiger partial charge on any atom is -0.340 e. The number of aromatic nitrogens is 3. The molecule has 0 aliphatic heterocycles. The highest BCUT2D eigenvalue weighted by molar-refractivity contribution is 9.10. The average molecular weight is 495 g/mol. The first kappa shape index (κ1) is 20.3. The maximum atomic E-state index is 3.54. The van der Waals surface area contributed by atoms with Crippen LogP contribution >= 0.6 is 15.9 Å². The Morgan fingerprint density at radius 1 is 0.636 bits per heavy atom. The molecule has 0 saturated carbocycles. The minimum absolute atomic E-state index is 0.869. The highest BCUT2D eigenvalue weighted by atomic mass is 79.9. The number of nitrogens with zero attached hydrogens (tertiary/aromatic N) is 3. The summed E-state index contributed by atoms with van der Waals surface area (Å²) in [6.07, 6.45) is 3.35. The van der Waals surface area contributed by atoms with E-state index in [2.05, 4.69) is 133 Å². The van der Waals surface area contributed by atoms with Crippen molar-refractivity contribution in [3.05, 3.63) is 113 Å². The third-order valence-corrected chi connectivity index (χ3v) is 7.03. The first-order chi connectivity index (χ1) is 16.3. The molecular formula is C29H25BrN3+. The second-order valence-electron chi connectivity index (χ2n) is 8.59. The van der Waals surface area contributed by atoms with Gasteiger partial charge >= 0.3 is 0 Å². The zero-order valence-corrected chi connectivity index (χ0v) is 19.9. The summed E-state index contributed by atoms with van der Waals surface area (Å²) < 4.78 is 8.36. The summed E-state index contributed by atoms with van der Waals surface area (Å²) in [5.74, 6) is 0. The molecule has 2 aromatic heterocycles. The number of halogens is 1. The molecular weight excluding hydrogens is 470 g/mol. The van der Waals surface area contributed by atoms with Gasteiger partial charge in [-0.1, -0.05) is 76.6 Å². The number of benzene rings is 4. The fourth-order valence-electron chi connectivity index (χ4n) is 4.98. The lowest BCUT2D eigenvalue weighted by Gasteiger charge is -2.06. The van der Waals surface area contributed by atoms with E-state index in [0.717, 1.165) is 30.5 Å². The topological polar surface area (TPSA) is 13.7 Å². The normalized spacial score (nSPS) is 11.7. The Morgan fingerprint density at radius 2 is 1.24 bits per heavy atom. The summed E-state index contributed by atoms with van der Waals surface area (Å²) in [6.45, 7) is 2.84. The molecule has 0 saturated heterocycles. The van der Waals surface area contributed by atoms with E-state index in [0.29, 0.717) is 0 Å². The maximum Gasteiger partial charge on any atom is 0.245 e. The Morgan fingerprint density at radius 3 is 1.94 bits per heavy atom. The molecule has 0 bridgehead atoms. The van der Waals surface area contributed by atoms with Gasteiger partial charge in [-0.3, -0.25) is 0 Å². The quantitative estimate of drug-likeness (QED) is 0.222. The highest BCUT2D eigenvalue weighted by Crippen LogP contribution is 2.29. The van der Waals surface area contributed by atoms with Crippen LogP contribution in [-0.2, 0) is 19.6 Å². The third kappa shape index (κ3) is 3.75. The number of aryl methyl sites for hydroxylation is 2. The van der Waals surface area contributed by atoms with Crippen molar-refractivity contribution in [2.24, 2.45) is 0 Å². The van der Waals surface area contributed by atoms with E-state index in [4.69, 9.17) is 0 Å². The SMILES string of the molecule is Brc1ccc(C[n+]2cn(CCCn3c4ccccc4c4ccccc43)c3ccccc32)cc1. The van der Waals surface area contributed by atoms with Crippen LogP contribution < -0.4 is 4.57 Å². The minimum atomic E-state index is 0.869. The van der Waals surface area contributed by atoms with Crippen molar-refractivity contribution in [3.63, 3.8) is 0 Å². The Labute approximate surface area is 201 Å². The number of fused-ring (bicyclic) bond motifs is 4. The monoisotopic (exact) mass is 494 g/mol. The fourth-order valence-corrected chi connectivity index (χ4v) is 5.24. The standard InChI is InChI=1S/C29H25BrN3/c30-23-16-14-22(15-17-23)20-32-21-31(28-12-5-6-13-29(28)32)18-7-19-33-26-10-3-1-8-24(26)25-9-2-4-11-27(25)33/h1-6,8-17,21H,7,18-20H2/q+1. The van der Waals surface area contributed by atoms with E-state index in [-0.39, 0.29) is 0 Å². The lowest BCUT2D eigenvalue weighted by molar-refractivity contribution is -0.663. The van der Waals surface area contributed by atoms with E-state index in [1.165, 1.54) is 38.4 Å². The fraction of sp³-hybridized carbons (Fsp3) is 0.138. The summed E-state index contributed by atoms with van der Waals surface area (Å²) in [6, 6.07) is 34.8. The molecule has 2 heterocycles. The number of hydrogen-bond donors (Lipinski definition) is 0. The summed E-state index contributed by atoms with van der Waals surface area (Å²) in [5.41, 5.74) is 6.51.